The van der Waals surface area contributed by atoms with Crippen LogP contribution in [0, 0.1) is 0 Å². The number of amides is 1. The number of anilines is 1. The smallest absolute Gasteiger partial charge is 0.257 e. The number of carbonyl (C=O) groups excluding carboxylic acids is 1. The Hall–Kier alpha value is -1.62. The Balaban J connectivity index is 2.16. The van der Waals surface area contributed by atoms with Crippen LogP contribution in [0.3, 0.4) is 0 Å². The van der Waals surface area contributed by atoms with E-state index in [-0.39, 0.29) is 5.91 Å². The predicted octanol–water partition coefficient (Wildman–Crippen LogP) is 1.89. The van der Waals surface area contributed by atoms with Crippen molar-refractivity contribution < 1.29 is 9.90 Å². The fourth-order valence-corrected chi connectivity index (χ4v) is 2.53. The molecule has 0 radical (unpaired) electrons. The highest BCUT2D eigenvalue weighted by atomic mass is 16.3. The molecule has 1 saturated heterocycles. The summed E-state index contributed by atoms with van der Waals surface area (Å²) in [6, 6.07) is 3.56. The zero-order valence-corrected chi connectivity index (χ0v) is 12.2. The molecule has 1 unspecified atom stereocenters. The molecule has 2 rings (SSSR count). The zero-order chi connectivity index (χ0) is 14.6. The Morgan fingerprint density at radius 2 is 2.40 bits per heavy atom. The van der Waals surface area contributed by atoms with Crippen LogP contribution in [0.4, 0.5) is 5.82 Å². The van der Waals surface area contributed by atoms with Crippen LogP contribution in [-0.2, 0) is 0 Å². The molecule has 0 aromatic carbocycles. The number of piperidine rings is 1. The van der Waals surface area contributed by atoms with Crippen LogP contribution in [0.25, 0.3) is 0 Å². The van der Waals surface area contributed by atoms with E-state index in [0.717, 1.165) is 25.8 Å². The first-order valence-electron chi connectivity index (χ1n) is 7.24. The van der Waals surface area contributed by atoms with Gasteiger partial charge in [0.25, 0.3) is 5.91 Å². The highest BCUT2D eigenvalue weighted by Gasteiger charge is 2.32. The topological polar surface area (TPSA) is 65.5 Å². The lowest BCUT2D eigenvalue weighted by Crippen LogP contribution is -2.48. The van der Waals surface area contributed by atoms with Gasteiger partial charge in [0.05, 0.1) is 11.2 Å². The molecule has 2 N–H and O–H groups in total. The van der Waals surface area contributed by atoms with Gasteiger partial charge in [-0.25, -0.2) is 4.98 Å². The number of hydrogen-bond donors (Lipinski definition) is 2. The summed E-state index contributed by atoms with van der Waals surface area (Å²) in [6.07, 6.45) is 4.23. The Morgan fingerprint density at radius 1 is 1.60 bits per heavy atom. The van der Waals surface area contributed by atoms with E-state index in [1.807, 2.05) is 0 Å². The van der Waals surface area contributed by atoms with Gasteiger partial charge in [-0.2, -0.15) is 0 Å². The molecule has 1 aromatic heterocycles. The van der Waals surface area contributed by atoms with Crippen LogP contribution in [0.15, 0.2) is 18.3 Å². The third-order valence-corrected chi connectivity index (χ3v) is 3.54. The van der Waals surface area contributed by atoms with Gasteiger partial charge in [-0.3, -0.25) is 4.79 Å². The third-order valence-electron chi connectivity index (χ3n) is 3.54. The van der Waals surface area contributed by atoms with Crippen molar-refractivity contribution in [1.82, 2.24) is 9.88 Å². The molecule has 0 aliphatic carbocycles. The summed E-state index contributed by atoms with van der Waals surface area (Å²) in [5.74, 6) is 0.571. The standard InChI is InChI=1S/C15H23N3O2/c1-3-8-16-13-12(6-4-9-17-13)14(19)18-10-5-7-15(2,20)11-18/h4,6,9,20H,3,5,7-8,10-11H2,1-2H3,(H,16,17). The Morgan fingerprint density at radius 3 is 3.10 bits per heavy atom. The van der Waals surface area contributed by atoms with E-state index in [1.165, 1.54) is 0 Å². The fourth-order valence-electron chi connectivity index (χ4n) is 2.53. The number of nitrogens with zero attached hydrogens (tertiary/aromatic N) is 2. The zero-order valence-electron chi connectivity index (χ0n) is 12.2. The SMILES string of the molecule is CCCNc1ncccc1C(=O)N1CCCC(C)(O)C1. The quantitative estimate of drug-likeness (QED) is 0.882. The van der Waals surface area contributed by atoms with Gasteiger partial charge < -0.3 is 15.3 Å². The Kier molecular flexibility index (Phi) is 4.60. The second-order valence-electron chi connectivity index (χ2n) is 5.65. The van der Waals surface area contributed by atoms with Crippen LogP contribution in [0.1, 0.15) is 43.5 Å². The second-order valence-corrected chi connectivity index (χ2v) is 5.65. The number of hydrogen-bond acceptors (Lipinski definition) is 4. The molecule has 110 valence electrons. The number of rotatable bonds is 4. The first-order valence-corrected chi connectivity index (χ1v) is 7.24. The van der Waals surface area contributed by atoms with E-state index in [9.17, 15) is 9.90 Å². The van der Waals surface area contributed by atoms with Crippen molar-refractivity contribution in [3.05, 3.63) is 23.9 Å². The highest BCUT2D eigenvalue weighted by molar-refractivity contribution is 5.98. The molecule has 5 nitrogen and oxygen atoms in total. The lowest BCUT2D eigenvalue weighted by Gasteiger charge is -2.37. The number of likely N-dealkylation sites (tertiary alicyclic amines) is 1. The van der Waals surface area contributed by atoms with Gasteiger partial charge in [-0.1, -0.05) is 6.92 Å². The number of carbonyl (C=O) groups is 1. The van der Waals surface area contributed by atoms with Gasteiger partial charge in [-0.05, 0) is 38.3 Å². The third kappa shape index (κ3) is 3.48. The Bertz CT molecular complexity index is 474. The van der Waals surface area contributed by atoms with Crippen molar-refractivity contribution in [3.8, 4) is 0 Å². The molecule has 0 bridgehead atoms. The normalized spacial score (nSPS) is 22.6. The molecule has 0 saturated carbocycles. The largest absolute Gasteiger partial charge is 0.388 e. The number of aromatic nitrogens is 1. The van der Waals surface area contributed by atoms with E-state index in [1.54, 1.807) is 30.2 Å². The van der Waals surface area contributed by atoms with Crippen LogP contribution in [0.2, 0.25) is 0 Å². The van der Waals surface area contributed by atoms with Crippen molar-refractivity contribution in [3.63, 3.8) is 0 Å². The van der Waals surface area contributed by atoms with E-state index in [0.29, 0.717) is 24.5 Å². The van der Waals surface area contributed by atoms with Crippen molar-refractivity contribution >= 4 is 11.7 Å². The molecular weight excluding hydrogens is 254 g/mol. The molecule has 0 spiro atoms. The molecule has 5 heteroatoms. The van der Waals surface area contributed by atoms with Crippen molar-refractivity contribution in [1.29, 1.82) is 0 Å². The molecule has 1 fully saturated rings. The second kappa shape index (κ2) is 6.22. The monoisotopic (exact) mass is 277 g/mol. The van der Waals surface area contributed by atoms with E-state index in [4.69, 9.17) is 0 Å². The number of pyridine rings is 1. The van der Waals surface area contributed by atoms with Crippen LogP contribution < -0.4 is 5.32 Å². The van der Waals surface area contributed by atoms with E-state index < -0.39 is 5.60 Å². The lowest BCUT2D eigenvalue weighted by molar-refractivity contribution is -0.0107. The molecule has 1 amide bonds. The average Bonchev–Trinajstić information content (AvgIpc) is 2.43. The van der Waals surface area contributed by atoms with Gasteiger partial charge in [0.2, 0.25) is 0 Å². The summed E-state index contributed by atoms with van der Waals surface area (Å²) in [4.78, 5) is 18.6. The van der Waals surface area contributed by atoms with Gasteiger partial charge in [0, 0.05) is 25.8 Å². The molecule has 1 aliphatic heterocycles. The van der Waals surface area contributed by atoms with Crippen LogP contribution in [0.5, 0.6) is 0 Å². The van der Waals surface area contributed by atoms with Crippen molar-refractivity contribution in [2.75, 3.05) is 25.0 Å². The van der Waals surface area contributed by atoms with Gasteiger partial charge in [0.15, 0.2) is 0 Å². The minimum Gasteiger partial charge on any atom is -0.388 e. The van der Waals surface area contributed by atoms with Crippen LogP contribution >= 0.6 is 0 Å². The maximum absolute atomic E-state index is 12.6. The summed E-state index contributed by atoms with van der Waals surface area (Å²) in [7, 11) is 0. The van der Waals surface area contributed by atoms with Gasteiger partial charge in [0.1, 0.15) is 5.82 Å². The minimum atomic E-state index is -0.785. The average molecular weight is 277 g/mol. The van der Waals surface area contributed by atoms with E-state index >= 15 is 0 Å². The van der Waals surface area contributed by atoms with Crippen molar-refractivity contribution in [2.45, 2.75) is 38.7 Å². The summed E-state index contributed by atoms with van der Waals surface area (Å²) < 4.78 is 0. The molecule has 1 atom stereocenters. The fraction of sp³-hybridized carbons (Fsp3) is 0.600. The molecule has 1 aliphatic rings. The molecule has 2 heterocycles. The molecule has 1 aromatic rings. The van der Waals surface area contributed by atoms with Crippen LogP contribution in [-0.4, -0.2) is 46.1 Å². The van der Waals surface area contributed by atoms with Crippen molar-refractivity contribution in [2.24, 2.45) is 0 Å². The number of β-amino-alcohol motifs (C(OH)–C–C–N with tert-alkyl or cyclic N) is 1. The summed E-state index contributed by atoms with van der Waals surface area (Å²) in [6.45, 7) is 5.71. The minimum absolute atomic E-state index is 0.0586. The highest BCUT2D eigenvalue weighted by Crippen LogP contribution is 2.23. The number of aliphatic hydroxyl groups is 1. The summed E-state index contributed by atoms with van der Waals surface area (Å²) in [5.41, 5.74) is -0.203. The lowest BCUT2D eigenvalue weighted by atomic mass is 9.94. The Labute approximate surface area is 120 Å². The molecule has 20 heavy (non-hydrogen) atoms. The first-order chi connectivity index (χ1) is 9.53. The first kappa shape index (κ1) is 14.8. The van der Waals surface area contributed by atoms with Gasteiger partial charge in [-0.15, -0.1) is 0 Å². The summed E-state index contributed by atoms with van der Waals surface area (Å²) >= 11 is 0. The number of nitrogens with one attached hydrogen (secondary N) is 1. The summed E-state index contributed by atoms with van der Waals surface area (Å²) in [5, 5.41) is 13.3. The maximum Gasteiger partial charge on any atom is 0.257 e. The maximum atomic E-state index is 12.6. The van der Waals surface area contributed by atoms with Gasteiger partial charge >= 0.3 is 0 Å². The predicted molar refractivity (Wildman–Crippen MR) is 78.8 cm³/mol. The molecular formula is C15H23N3O2. The van der Waals surface area contributed by atoms with E-state index in [2.05, 4.69) is 17.2 Å².